The van der Waals surface area contributed by atoms with Crippen LogP contribution in [0.3, 0.4) is 0 Å². The molecular weight excluding hydrogens is 474 g/mol. The zero-order valence-corrected chi connectivity index (χ0v) is 21.2. The molecule has 0 aliphatic heterocycles. The van der Waals surface area contributed by atoms with Gasteiger partial charge >= 0.3 is 5.97 Å². The van der Waals surface area contributed by atoms with Gasteiger partial charge in [-0.15, -0.1) is 0 Å². The number of benzene rings is 3. The standard InChI is InChI=1S/C32H31N3O3/c36-32(37)18-15-25-13-16-30(17-14-25)38-24-27-11-9-26(10-12-27)23-34(28-6-2-1-3-7-28)21-19-31-33-22-29-8-4-5-20-35(29)31/h1-14,16-17,20,22H,15,18-19,21,23-24H2,(H,36,37). The molecule has 192 valence electrons. The lowest BCUT2D eigenvalue weighted by Gasteiger charge is -2.25. The van der Waals surface area contributed by atoms with Crippen molar-refractivity contribution in [1.29, 1.82) is 0 Å². The van der Waals surface area contributed by atoms with E-state index in [-0.39, 0.29) is 6.42 Å². The first-order valence-electron chi connectivity index (χ1n) is 12.9. The van der Waals surface area contributed by atoms with E-state index in [1.54, 1.807) is 0 Å². The molecule has 3 aromatic carbocycles. The van der Waals surface area contributed by atoms with Gasteiger partial charge in [0.25, 0.3) is 0 Å². The van der Waals surface area contributed by atoms with Crippen molar-refractivity contribution in [1.82, 2.24) is 9.38 Å². The van der Waals surface area contributed by atoms with Gasteiger partial charge in [0, 0.05) is 37.8 Å². The predicted octanol–water partition coefficient (Wildman–Crippen LogP) is 6.18. The Kier molecular flexibility index (Phi) is 7.99. The number of fused-ring (bicyclic) bond motifs is 1. The molecule has 2 heterocycles. The lowest BCUT2D eigenvalue weighted by atomic mass is 10.1. The zero-order valence-electron chi connectivity index (χ0n) is 21.2. The summed E-state index contributed by atoms with van der Waals surface area (Å²) in [6, 6.07) is 32.8. The van der Waals surface area contributed by atoms with Gasteiger partial charge in [-0.05, 0) is 59.5 Å². The number of nitrogens with zero attached hydrogens (tertiary/aromatic N) is 3. The Morgan fingerprint density at radius 3 is 2.29 bits per heavy atom. The largest absolute Gasteiger partial charge is 0.489 e. The number of rotatable bonds is 12. The first-order valence-corrected chi connectivity index (χ1v) is 12.9. The van der Waals surface area contributed by atoms with Crippen LogP contribution in [0.1, 0.15) is 28.9 Å². The van der Waals surface area contributed by atoms with E-state index in [1.807, 2.05) is 48.7 Å². The molecule has 0 fully saturated rings. The summed E-state index contributed by atoms with van der Waals surface area (Å²) >= 11 is 0. The second-order valence-electron chi connectivity index (χ2n) is 9.32. The van der Waals surface area contributed by atoms with Crippen molar-refractivity contribution in [3.05, 3.63) is 132 Å². The number of carboxylic acid groups (broad SMARTS) is 1. The van der Waals surface area contributed by atoms with Gasteiger partial charge in [0.05, 0.1) is 11.7 Å². The lowest BCUT2D eigenvalue weighted by Crippen LogP contribution is -2.25. The quantitative estimate of drug-likeness (QED) is 0.219. The van der Waals surface area contributed by atoms with Crippen LogP contribution in [0.2, 0.25) is 0 Å². The van der Waals surface area contributed by atoms with Crippen molar-refractivity contribution in [3.63, 3.8) is 0 Å². The van der Waals surface area contributed by atoms with Crippen LogP contribution in [0.15, 0.2) is 109 Å². The highest BCUT2D eigenvalue weighted by atomic mass is 16.5. The highest BCUT2D eigenvalue weighted by molar-refractivity contribution is 5.67. The number of aryl methyl sites for hydroxylation is 1. The molecule has 0 saturated heterocycles. The van der Waals surface area contributed by atoms with Gasteiger partial charge in [-0.25, -0.2) is 4.98 Å². The van der Waals surface area contributed by atoms with Crippen molar-refractivity contribution in [3.8, 4) is 5.75 Å². The predicted molar refractivity (Wildman–Crippen MR) is 150 cm³/mol. The molecule has 0 spiro atoms. The average Bonchev–Trinajstić information content (AvgIpc) is 3.38. The summed E-state index contributed by atoms with van der Waals surface area (Å²) in [6.07, 6.45) is 5.49. The minimum absolute atomic E-state index is 0.133. The third kappa shape index (κ3) is 6.59. The summed E-state index contributed by atoms with van der Waals surface area (Å²) in [5, 5.41) is 8.84. The highest BCUT2D eigenvalue weighted by Gasteiger charge is 2.11. The number of anilines is 1. The maximum absolute atomic E-state index is 10.7. The fraction of sp³-hybridized carbons (Fsp3) is 0.188. The minimum Gasteiger partial charge on any atom is -0.489 e. The maximum Gasteiger partial charge on any atom is 0.303 e. The molecule has 1 N–H and O–H groups in total. The zero-order chi connectivity index (χ0) is 26.2. The van der Waals surface area contributed by atoms with Crippen LogP contribution in [0.25, 0.3) is 5.52 Å². The van der Waals surface area contributed by atoms with Crippen LogP contribution < -0.4 is 9.64 Å². The van der Waals surface area contributed by atoms with Gasteiger partial charge in [0.15, 0.2) is 0 Å². The van der Waals surface area contributed by atoms with Gasteiger partial charge in [-0.3, -0.25) is 4.79 Å². The molecule has 0 radical (unpaired) electrons. The Morgan fingerprint density at radius 2 is 1.53 bits per heavy atom. The van der Waals surface area contributed by atoms with Crippen molar-refractivity contribution in [2.24, 2.45) is 0 Å². The summed E-state index contributed by atoms with van der Waals surface area (Å²) in [6.45, 7) is 2.13. The first-order chi connectivity index (χ1) is 18.6. The van der Waals surface area contributed by atoms with Crippen LogP contribution in [0.4, 0.5) is 5.69 Å². The Balaban J connectivity index is 1.20. The number of carbonyl (C=O) groups is 1. The lowest BCUT2D eigenvalue weighted by molar-refractivity contribution is -0.136. The summed E-state index contributed by atoms with van der Waals surface area (Å²) in [4.78, 5) is 17.8. The first kappa shape index (κ1) is 25.1. The third-order valence-electron chi connectivity index (χ3n) is 6.59. The van der Waals surface area contributed by atoms with E-state index in [1.165, 1.54) is 11.3 Å². The molecule has 38 heavy (non-hydrogen) atoms. The molecule has 0 aliphatic carbocycles. The third-order valence-corrected chi connectivity index (χ3v) is 6.59. The minimum atomic E-state index is -0.785. The number of aromatic nitrogens is 2. The number of hydrogen-bond donors (Lipinski definition) is 1. The maximum atomic E-state index is 10.7. The molecule has 0 unspecified atom stereocenters. The Hall–Kier alpha value is -4.58. The Morgan fingerprint density at radius 1 is 0.816 bits per heavy atom. The molecule has 2 aromatic heterocycles. The van der Waals surface area contributed by atoms with Crippen LogP contribution in [-0.2, 0) is 30.8 Å². The number of para-hydroxylation sites is 1. The molecule has 5 aromatic rings. The van der Waals surface area contributed by atoms with Gasteiger partial charge in [0.2, 0.25) is 0 Å². The number of ether oxygens (including phenoxy) is 1. The van der Waals surface area contributed by atoms with Gasteiger partial charge < -0.3 is 19.1 Å². The number of pyridine rings is 1. The Bertz CT molecular complexity index is 1460. The van der Waals surface area contributed by atoms with E-state index in [4.69, 9.17) is 9.84 Å². The van der Waals surface area contributed by atoms with E-state index in [2.05, 4.69) is 75.1 Å². The molecule has 0 bridgehead atoms. The second kappa shape index (κ2) is 12.1. The molecule has 0 atom stereocenters. The van der Waals surface area contributed by atoms with E-state index in [0.717, 1.165) is 47.7 Å². The van der Waals surface area contributed by atoms with Crippen molar-refractivity contribution in [2.45, 2.75) is 32.4 Å². The van der Waals surface area contributed by atoms with Gasteiger partial charge in [0.1, 0.15) is 18.2 Å². The molecule has 0 aliphatic rings. The average molecular weight is 506 g/mol. The fourth-order valence-electron chi connectivity index (χ4n) is 4.49. The van der Waals surface area contributed by atoms with Crippen LogP contribution in [0, 0.1) is 0 Å². The monoisotopic (exact) mass is 505 g/mol. The van der Waals surface area contributed by atoms with Crippen molar-refractivity contribution in [2.75, 3.05) is 11.4 Å². The molecule has 6 nitrogen and oxygen atoms in total. The normalized spacial score (nSPS) is 10.9. The topological polar surface area (TPSA) is 67.1 Å². The molecule has 6 heteroatoms. The highest BCUT2D eigenvalue weighted by Crippen LogP contribution is 2.20. The fourth-order valence-corrected chi connectivity index (χ4v) is 4.49. The molecule has 5 rings (SSSR count). The molecule has 0 saturated carbocycles. The van der Waals surface area contributed by atoms with Gasteiger partial charge in [-0.2, -0.15) is 0 Å². The Labute approximate surface area is 222 Å². The number of imidazole rings is 1. The van der Waals surface area contributed by atoms with E-state index < -0.39 is 5.97 Å². The summed E-state index contributed by atoms with van der Waals surface area (Å²) in [7, 11) is 0. The van der Waals surface area contributed by atoms with Crippen molar-refractivity contribution < 1.29 is 14.6 Å². The summed E-state index contributed by atoms with van der Waals surface area (Å²) < 4.78 is 8.10. The van der Waals surface area contributed by atoms with Crippen LogP contribution >= 0.6 is 0 Å². The molecule has 0 amide bonds. The summed E-state index contributed by atoms with van der Waals surface area (Å²) in [5.41, 5.74) is 5.62. The van der Waals surface area contributed by atoms with E-state index in [0.29, 0.717) is 13.0 Å². The van der Waals surface area contributed by atoms with Crippen molar-refractivity contribution >= 4 is 17.2 Å². The van der Waals surface area contributed by atoms with Gasteiger partial charge in [-0.1, -0.05) is 60.7 Å². The second-order valence-corrected chi connectivity index (χ2v) is 9.32. The number of hydrogen-bond acceptors (Lipinski definition) is 4. The summed E-state index contributed by atoms with van der Waals surface area (Å²) in [5.74, 6) is 1.05. The smallest absolute Gasteiger partial charge is 0.303 e. The van der Waals surface area contributed by atoms with E-state index >= 15 is 0 Å². The SMILES string of the molecule is O=C(O)CCc1ccc(OCc2ccc(CN(CCc3ncc4ccccn34)c3ccccc3)cc2)cc1. The van der Waals surface area contributed by atoms with Crippen LogP contribution in [-0.4, -0.2) is 27.0 Å². The molecular formula is C32H31N3O3. The number of carboxylic acids is 1. The van der Waals surface area contributed by atoms with E-state index in [9.17, 15) is 4.79 Å². The van der Waals surface area contributed by atoms with Crippen LogP contribution in [0.5, 0.6) is 5.75 Å². The number of aliphatic carboxylic acids is 1.